The molecule has 0 spiro atoms. The maximum Gasteiger partial charge on any atom is 0.257 e. The van der Waals surface area contributed by atoms with Crippen LogP contribution in [0, 0.1) is 5.92 Å². The maximum atomic E-state index is 12.3. The fourth-order valence-corrected chi connectivity index (χ4v) is 2.45. The predicted octanol–water partition coefficient (Wildman–Crippen LogP) is 3.43. The second-order valence-electron chi connectivity index (χ2n) is 6.50. The van der Waals surface area contributed by atoms with Crippen LogP contribution in [0.5, 0.6) is 5.75 Å². The van der Waals surface area contributed by atoms with Gasteiger partial charge in [-0.1, -0.05) is 19.9 Å². The lowest BCUT2D eigenvalue weighted by molar-refractivity contribution is -0.118. The van der Waals surface area contributed by atoms with E-state index in [-0.39, 0.29) is 22.8 Å². The highest BCUT2D eigenvalue weighted by atomic mass is 32.1. The number of nitrogens with one attached hydrogen (secondary N) is 3. The molecule has 0 bridgehead atoms. The van der Waals surface area contributed by atoms with Gasteiger partial charge in [0.25, 0.3) is 5.91 Å². The summed E-state index contributed by atoms with van der Waals surface area (Å²) in [5.74, 6) is 0.117. The number of hydrogen-bond donors (Lipinski definition) is 3. The molecule has 0 radical (unpaired) electrons. The number of anilines is 2. The van der Waals surface area contributed by atoms with E-state index in [0.717, 1.165) is 0 Å². The molecule has 0 aliphatic heterocycles. The van der Waals surface area contributed by atoms with E-state index in [2.05, 4.69) is 16.0 Å². The second kappa shape index (κ2) is 11.1. The van der Waals surface area contributed by atoms with Gasteiger partial charge in [-0.3, -0.25) is 14.9 Å². The van der Waals surface area contributed by atoms with Crippen LogP contribution in [-0.2, 0) is 9.53 Å². The Morgan fingerprint density at radius 3 is 2.28 bits per heavy atom. The van der Waals surface area contributed by atoms with E-state index in [1.54, 1.807) is 55.6 Å². The lowest BCUT2D eigenvalue weighted by Gasteiger charge is -2.12. The molecule has 0 atom stereocenters. The predicted molar refractivity (Wildman–Crippen MR) is 117 cm³/mol. The topological polar surface area (TPSA) is 88.7 Å². The third-order valence-corrected chi connectivity index (χ3v) is 4.02. The van der Waals surface area contributed by atoms with E-state index in [1.165, 1.54) is 0 Å². The minimum atomic E-state index is -0.338. The van der Waals surface area contributed by atoms with Gasteiger partial charge in [0.2, 0.25) is 5.91 Å². The van der Waals surface area contributed by atoms with Gasteiger partial charge in [0.1, 0.15) is 12.4 Å². The zero-order chi connectivity index (χ0) is 21.2. The Labute approximate surface area is 175 Å². The molecule has 0 aliphatic rings. The Hall–Kier alpha value is -2.97. The fourth-order valence-electron chi connectivity index (χ4n) is 2.24. The standard InChI is InChI=1S/C21H25N3O4S/c1-14(2)19(25)22-16-5-4-6-17(13-16)23-21(29)24-20(26)15-7-9-18(10-8-15)28-12-11-27-3/h4-10,13-14H,11-12H2,1-3H3,(H,22,25)(H2,23,24,26,29). The fraction of sp³-hybridized carbons (Fsp3) is 0.286. The van der Waals surface area contributed by atoms with Gasteiger partial charge >= 0.3 is 0 Å². The first kappa shape index (κ1) is 22.3. The highest BCUT2D eigenvalue weighted by Crippen LogP contribution is 2.16. The third kappa shape index (κ3) is 7.52. The third-order valence-electron chi connectivity index (χ3n) is 3.81. The van der Waals surface area contributed by atoms with Gasteiger partial charge in [0.15, 0.2) is 5.11 Å². The van der Waals surface area contributed by atoms with Gasteiger partial charge in [0.05, 0.1) is 6.61 Å². The highest BCUT2D eigenvalue weighted by molar-refractivity contribution is 7.80. The molecule has 8 heteroatoms. The van der Waals surface area contributed by atoms with Gasteiger partial charge in [-0.05, 0) is 54.7 Å². The van der Waals surface area contributed by atoms with E-state index in [4.69, 9.17) is 21.7 Å². The van der Waals surface area contributed by atoms with Crippen LogP contribution in [0.1, 0.15) is 24.2 Å². The quantitative estimate of drug-likeness (QED) is 0.452. The molecule has 29 heavy (non-hydrogen) atoms. The number of methoxy groups -OCH3 is 1. The van der Waals surface area contributed by atoms with Crippen molar-refractivity contribution in [2.24, 2.45) is 5.92 Å². The van der Waals surface area contributed by atoms with Crippen LogP contribution in [0.25, 0.3) is 0 Å². The van der Waals surface area contributed by atoms with Crippen molar-refractivity contribution in [2.45, 2.75) is 13.8 Å². The SMILES string of the molecule is COCCOc1ccc(C(=O)NC(=S)Nc2cccc(NC(=O)C(C)C)c2)cc1. The number of rotatable bonds is 8. The van der Waals surface area contributed by atoms with Crippen LogP contribution in [0.3, 0.4) is 0 Å². The summed E-state index contributed by atoms with van der Waals surface area (Å²) in [5.41, 5.74) is 1.75. The van der Waals surface area contributed by atoms with Gasteiger partial charge in [-0.2, -0.15) is 0 Å². The zero-order valence-electron chi connectivity index (χ0n) is 16.7. The molecule has 0 heterocycles. The van der Waals surface area contributed by atoms with Crippen LogP contribution in [0.15, 0.2) is 48.5 Å². The van der Waals surface area contributed by atoms with Gasteiger partial charge in [-0.25, -0.2) is 0 Å². The summed E-state index contributed by atoms with van der Waals surface area (Å²) in [6.07, 6.45) is 0. The minimum Gasteiger partial charge on any atom is -0.491 e. The molecular formula is C21H25N3O4S. The molecule has 0 unspecified atom stereocenters. The number of benzene rings is 2. The molecule has 7 nitrogen and oxygen atoms in total. The maximum absolute atomic E-state index is 12.3. The molecule has 2 amide bonds. The summed E-state index contributed by atoms with van der Waals surface area (Å²) in [5, 5.41) is 8.54. The summed E-state index contributed by atoms with van der Waals surface area (Å²) < 4.78 is 10.4. The first-order valence-corrected chi connectivity index (χ1v) is 9.55. The van der Waals surface area contributed by atoms with Gasteiger partial charge < -0.3 is 20.1 Å². The molecule has 2 rings (SSSR count). The molecule has 0 aromatic heterocycles. The highest BCUT2D eigenvalue weighted by Gasteiger charge is 2.10. The second-order valence-corrected chi connectivity index (χ2v) is 6.91. The molecule has 0 aliphatic carbocycles. The Morgan fingerprint density at radius 1 is 1.00 bits per heavy atom. The lowest BCUT2D eigenvalue weighted by atomic mass is 10.2. The van der Waals surface area contributed by atoms with Crippen LogP contribution < -0.4 is 20.7 Å². The summed E-state index contributed by atoms with van der Waals surface area (Å²) in [4.78, 5) is 24.2. The average molecular weight is 416 g/mol. The van der Waals surface area contributed by atoms with Gasteiger partial charge in [-0.15, -0.1) is 0 Å². The molecule has 3 N–H and O–H groups in total. The van der Waals surface area contributed by atoms with Crippen LogP contribution >= 0.6 is 12.2 Å². The molecule has 154 valence electrons. The van der Waals surface area contributed by atoms with Crippen LogP contribution in [0.4, 0.5) is 11.4 Å². The number of carbonyl (C=O) groups is 2. The Bertz CT molecular complexity index is 853. The van der Waals surface area contributed by atoms with E-state index in [1.807, 2.05) is 13.8 Å². The van der Waals surface area contributed by atoms with Crippen molar-refractivity contribution in [1.29, 1.82) is 0 Å². The molecule has 2 aromatic carbocycles. The zero-order valence-corrected chi connectivity index (χ0v) is 17.5. The van der Waals surface area contributed by atoms with Crippen molar-refractivity contribution in [3.8, 4) is 5.75 Å². The summed E-state index contributed by atoms with van der Waals surface area (Å²) >= 11 is 5.21. The van der Waals surface area contributed by atoms with Crippen molar-refractivity contribution in [3.05, 3.63) is 54.1 Å². The minimum absolute atomic E-state index is 0.0762. The average Bonchev–Trinajstić information content (AvgIpc) is 2.68. The first-order valence-electron chi connectivity index (χ1n) is 9.14. The monoisotopic (exact) mass is 415 g/mol. The van der Waals surface area contributed by atoms with Crippen LogP contribution in [0.2, 0.25) is 0 Å². The van der Waals surface area contributed by atoms with E-state index >= 15 is 0 Å². The van der Waals surface area contributed by atoms with Crippen molar-refractivity contribution in [2.75, 3.05) is 31.0 Å². The van der Waals surface area contributed by atoms with Gasteiger partial charge in [0, 0.05) is 30.0 Å². The van der Waals surface area contributed by atoms with E-state index < -0.39 is 0 Å². The number of hydrogen-bond acceptors (Lipinski definition) is 5. The number of amides is 2. The summed E-state index contributed by atoms with van der Waals surface area (Å²) in [6, 6.07) is 13.8. The normalized spacial score (nSPS) is 10.3. The molecule has 0 saturated heterocycles. The molecule has 0 saturated carbocycles. The number of ether oxygens (including phenoxy) is 2. The van der Waals surface area contributed by atoms with E-state index in [0.29, 0.717) is 35.9 Å². The molecular weight excluding hydrogens is 390 g/mol. The Balaban J connectivity index is 1.90. The summed E-state index contributed by atoms with van der Waals surface area (Å²) in [6.45, 7) is 4.57. The first-order chi connectivity index (χ1) is 13.9. The van der Waals surface area contributed by atoms with Crippen molar-refractivity contribution >= 4 is 40.5 Å². The molecule has 2 aromatic rings. The van der Waals surface area contributed by atoms with Crippen molar-refractivity contribution in [3.63, 3.8) is 0 Å². The Kier molecular flexibility index (Phi) is 8.57. The summed E-state index contributed by atoms with van der Waals surface area (Å²) in [7, 11) is 1.60. The van der Waals surface area contributed by atoms with Crippen molar-refractivity contribution < 1.29 is 19.1 Å². The largest absolute Gasteiger partial charge is 0.491 e. The van der Waals surface area contributed by atoms with Crippen LogP contribution in [-0.4, -0.2) is 37.3 Å². The number of thiocarbonyl (C=S) groups is 1. The van der Waals surface area contributed by atoms with Crippen molar-refractivity contribution in [1.82, 2.24) is 5.32 Å². The number of carbonyl (C=O) groups excluding carboxylic acids is 2. The molecule has 0 fully saturated rings. The lowest BCUT2D eigenvalue weighted by Crippen LogP contribution is -2.34. The Morgan fingerprint density at radius 2 is 1.66 bits per heavy atom. The van der Waals surface area contributed by atoms with E-state index in [9.17, 15) is 9.59 Å². The smallest absolute Gasteiger partial charge is 0.257 e.